The zero-order valence-corrected chi connectivity index (χ0v) is 46.1. The molecule has 2 amide bonds. The van der Waals surface area contributed by atoms with Crippen LogP contribution < -0.4 is 4.74 Å². The van der Waals surface area contributed by atoms with Gasteiger partial charge in [0.05, 0.1) is 74.2 Å². The number of fused-ring (bicyclic) bond motifs is 2. The number of amides is 2. The number of quaternary nitrogens is 1. The average molecular weight is 1170 g/mol. The smallest absolute Gasteiger partial charge is 0.444 e. The van der Waals surface area contributed by atoms with E-state index in [0.29, 0.717) is 53.7 Å². The van der Waals surface area contributed by atoms with Crippen molar-refractivity contribution in [1.82, 2.24) is 4.90 Å². The molecule has 27 nitrogen and oxygen atoms in total. The third kappa shape index (κ3) is 16.2. The van der Waals surface area contributed by atoms with Gasteiger partial charge < -0.3 is 28.1 Å². The molecule has 0 unspecified atom stereocenters. The molecule has 430 valence electrons. The molecule has 0 spiro atoms. The number of benzene rings is 5. The summed E-state index contributed by atoms with van der Waals surface area (Å²) >= 11 is 0.978. The number of amidine groups is 1. The van der Waals surface area contributed by atoms with Gasteiger partial charge in [-0.3, -0.25) is 40.0 Å². The molecular formula is C53H51N7O20S2. The normalized spacial score (nSPS) is 15.9. The summed E-state index contributed by atoms with van der Waals surface area (Å²) < 4.78 is 44.3. The number of nitrogens with zero attached hydrogens (tertiary/aromatic N) is 7. The number of thioether (sulfide) groups is 1. The number of hydrogen-bond donors (Lipinski definition) is 0. The zero-order valence-electron chi connectivity index (χ0n) is 44.4. The van der Waals surface area contributed by atoms with Crippen molar-refractivity contribution in [2.75, 3.05) is 39.3 Å². The van der Waals surface area contributed by atoms with Crippen molar-refractivity contribution in [2.45, 2.75) is 39.8 Å². The van der Waals surface area contributed by atoms with Crippen molar-refractivity contribution in [3.8, 4) is 5.75 Å². The van der Waals surface area contributed by atoms with E-state index in [4.69, 9.17) is 37.0 Å². The van der Waals surface area contributed by atoms with E-state index in [1.54, 1.807) is 6.07 Å². The first-order valence-corrected chi connectivity index (χ1v) is 27.2. The van der Waals surface area contributed by atoms with Crippen molar-refractivity contribution in [1.29, 1.82) is 0 Å². The van der Waals surface area contributed by atoms with Crippen LogP contribution in [0.5, 0.6) is 5.75 Å². The summed E-state index contributed by atoms with van der Waals surface area (Å²) in [5.74, 6) is -4.48. The van der Waals surface area contributed by atoms with Crippen LogP contribution in [0.2, 0.25) is 0 Å². The first-order chi connectivity index (χ1) is 38.6. The van der Waals surface area contributed by atoms with Gasteiger partial charge in [-0.15, -0.1) is 4.99 Å². The Labute approximate surface area is 470 Å². The molecule has 29 heteroatoms. The zero-order chi connectivity index (χ0) is 60.2. The molecule has 0 bridgehead atoms. The van der Waals surface area contributed by atoms with Crippen LogP contribution in [0.3, 0.4) is 0 Å². The first kappa shape index (κ1) is 61.9. The van der Waals surface area contributed by atoms with Crippen LogP contribution in [-0.2, 0) is 45.5 Å². The number of ether oxygens (including phenoxy) is 3. The lowest BCUT2D eigenvalue weighted by molar-refractivity contribution is -0.903. The van der Waals surface area contributed by atoms with E-state index >= 15 is 0 Å². The number of β-lactam (4-membered cyclic amide) rings is 1. The summed E-state index contributed by atoms with van der Waals surface area (Å²) in [6, 6.07) is 24.4. The number of nitro groups is 3. The van der Waals surface area contributed by atoms with Crippen molar-refractivity contribution in [2.24, 2.45) is 27.7 Å². The highest BCUT2D eigenvalue weighted by Crippen LogP contribution is 2.49. The van der Waals surface area contributed by atoms with E-state index in [2.05, 4.69) is 9.98 Å². The van der Waals surface area contributed by atoms with Crippen LogP contribution in [0.25, 0.3) is 10.8 Å². The minimum atomic E-state index is -3.92. The predicted octanol–water partition coefficient (Wildman–Crippen LogP) is 7.72. The van der Waals surface area contributed by atoms with Gasteiger partial charge in [0.2, 0.25) is 12.3 Å². The van der Waals surface area contributed by atoms with Crippen molar-refractivity contribution >= 4 is 97.2 Å². The quantitative estimate of drug-likeness (QED) is 0.00652. The molecular weight excluding hydrogens is 1120 g/mol. The van der Waals surface area contributed by atoms with Gasteiger partial charge in [0.15, 0.2) is 5.17 Å². The summed E-state index contributed by atoms with van der Waals surface area (Å²) in [7, 11) is 0.114. The Bertz CT molecular complexity index is 3520. The van der Waals surface area contributed by atoms with Gasteiger partial charge in [0, 0.05) is 77.3 Å². The molecule has 0 aliphatic carbocycles. The minimum absolute atomic E-state index is 0.0396. The monoisotopic (exact) mass is 1170 g/mol. The van der Waals surface area contributed by atoms with Crippen molar-refractivity contribution in [3.05, 3.63) is 173 Å². The summed E-state index contributed by atoms with van der Waals surface area (Å²) in [6.45, 7) is 6.73. The lowest BCUT2D eigenvalue weighted by atomic mass is 9.74. The molecule has 2 heterocycles. The number of nitro benzene ring substituents is 3. The molecule has 7 rings (SSSR count). The van der Waals surface area contributed by atoms with Gasteiger partial charge in [0.1, 0.15) is 24.6 Å². The summed E-state index contributed by atoms with van der Waals surface area (Å²) in [5.41, 5.74) is 0.232. The molecule has 5 aromatic rings. The summed E-state index contributed by atoms with van der Waals surface area (Å²) in [4.78, 5) is 128. The minimum Gasteiger partial charge on any atom is -0.748 e. The molecule has 0 aromatic heterocycles. The van der Waals surface area contributed by atoms with E-state index < -0.39 is 54.9 Å². The molecule has 0 saturated carbocycles. The van der Waals surface area contributed by atoms with Gasteiger partial charge in [-0.1, -0.05) is 62.9 Å². The van der Waals surface area contributed by atoms with Crippen molar-refractivity contribution < 1.29 is 85.0 Å². The molecule has 1 saturated heterocycles. The molecule has 0 N–H and O–H groups in total. The number of aliphatic imine (C=N–C) groups is 2. The van der Waals surface area contributed by atoms with Crippen LogP contribution in [0.4, 0.5) is 21.9 Å². The lowest BCUT2D eigenvalue weighted by Gasteiger charge is -2.47. The second kappa shape index (κ2) is 26.8. The second-order valence-corrected chi connectivity index (χ2v) is 21.7. The highest BCUT2D eigenvalue weighted by molar-refractivity contribution is 8.13. The van der Waals surface area contributed by atoms with Gasteiger partial charge in [-0.25, -0.2) is 37.3 Å². The largest absolute Gasteiger partial charge is 0.748 e. The fraction of sp³-hybridized carbons (Fsp3) is 0.283. The van der Waals surface area contributed by atoms with E-state index in [1.807, 2.05) is 65.2 Å². The molecule has 2 aliphatic heterocycles. The Morgan fingerprint density at radius 3 is 1.77 bits per heavy atom. The lowest BCUT2D eigenvalue weighted by Crippen LogP contribution is -2.62. The third-order valence-corrected chi connectivity index (χ3v) is 13.6. The van der Waals surface area contributed by atoms with Gasteiger partial charge in [0.25, 0.3) is 17.1 Å². The van der Waals surface area contributed by atoms with E-state index in [1.165, 1.54) is 17.0 Å². The molecule has 82 heavy (non-hydrogen) atoms. The Balaban J connectivity index is 0.00000207. The maximum Gasteiger partial charge on any atom is 0.444 e. The Morgan fingerprint density at radius 2 is 1.24 bits per heavy atom. The molecule has 0 radical (unpaired) electrons. The van der Waals surface area contributed by atoms with E-state index in [0.717, 1.165) is 88.8 Å². The highest BCUT2D eigenvalue weighted by Gasteiger charge is 2.59. The van der Waals surface area contributed by atoms with Gasteiger partial charge in [-0.05, 0) is 53.8 Å². The fourth-order valence-electron chi connectivity index (χ4n) is 8.84. The van der Waals surface area contributed by atoms with Gasteiger partial charge in [-0.2, -0.15) is 4.99 Å². The van der Waals surface area contributed by atoms with Crippen LogP contribution in [0, 0.1) is 48.1 Å². The van der Waals surface area contributed by atoms with E-state index in [9.17, 15) is 59.1 Å². The number of carbonyl (C=O) groups excluding carboxylic acids is 6. The standard InChI is InChI=1S/C52H48N7O17S.CH4O3S/c1-30(2)43-44-31(3)41(45(55(44)46(43)60)50(64)74-47(61)32-13-19-36(20-14-32)56(66)67)28-72-42-12-7-10-39-35(9-6-11-40(39)42)27-59(4,5)25-8-26-77-51(53-29-73-76-49(63)34-17-23-38(24-18-34)58(70)71)54-52(65)75-48(62)33-15-21-37(22-16-33)57(68)69;1-5(2,3)4/h6-7,9-24,29-31,43-44H,8,25-28H2,1-5H3;1H3,(H,2,3,4)/q+1;/p-1/t31-,43+,44+;/m0./s1. The molecule has 1 fully saturated rings. The topological polar surface area (TPSA) is 363 Å². The number of non-ortho nitro benzene ring substituents is 3. The SMILES string of the molecule is CC(C)[C@H]1C(=O)N2C(C(=O)OC(=O)c3ccc([N+](=O)[O-])cc3)=C(COc3cccc4c(C[N+](C)(C)CCCSC(N=COOC(=O)c5ccc([N+](=O)[O-])cc5)=NC(=O)OC(=O)c5ccc([N+](=O)[O-])cc5)cccc34)[C@H](C)[C@H]12.CS(=O)(=O)[O-]. The maximum absolute atomic E-state index is 13.8. The van der Waals surface area contributed by atoms with Crippen LogP contribution >= 0.6 is 11.8 Å². The average Bonchev–Trinajstić information content (AvgIpc) is 1.75. The summed E-state index contributed by atoms with van der Waals surface area (Å²) in [6.07, 6.45) is 0.412. The molecule has 2 aliphatic rings. The van der Waals surface area contributed by atoms with Crippen LogP contribution in [-0.4, -0.2) is 130 Å². The van der Waals surface area contributed by atoms with Crippen molar-refractivity contribution in [3.63, 3.8) is 0 Å². The molecule has 5 aromatic carbocycles. The second-order valence-electron chi connectivity index (χ2n) is 19.3. The third-order valence-electron chi connectivity index (χ3n) is 12.6. The number of rotatable bonds is 19. The highest BCUT2D eigenvalue weighted by atomic mass is 32.2. The van der Waals surface area contributed by atoms with Crippen LogP contribution in [0.1, 0.15) is 63.8 Å². The predicted molar refractivity (Wildman–Crippen MR) is 291 cm³/mol. The van der Waals surface area contributed by atoms with E-state index in [-0.39, 0.29) is 80.9 Å². The number of hydrogen-bond acceptors (Lipinski definition) is 21. The molecule has 3 atom stereocenters. The first-order valence-electron chi connectivity index (χ1n) is 24.4. The Kier molecular flexibility index (Phi) is 20.2. The Morgan fingerprint density at radius 1 is 0.744 bits per heavy atom. The Hall–Kier alpha value is -9.32. The fourth-order valence-corrected chi connectivity index (χ4v) is 9.55. The van der Waals surface area contributed by atoms with Gasteiger partial charge >= 0.3 is 30.0 Å². The summed E-state index contributed by atoms with van der Waals surface area (Å²) in [5, 5.41) is 34.5. The number of esters is 3. The number of carbonyl (C=O) groups is 6. The van der Waals surface area contributed by atoms with Crippen LogP contribution in [0.15, 0.2) is 130 Å². The maximum atomic E-state index is 13.8.